The Morgan fingerprint density at radius 1 is 0.970 bits per heavy atom. The zero-order valence-corrected chi connectivity index (χ0v) is 19.6. The van der Waals surface area contributed by atoms with Gasteiger partial charge in [-0.15, -0.1) is 10.2 Å². The van der Waals surface area contributed by atoms with Crippen LogP contribution < -0.4 is 4.90 Å². The van der Waals surface area contributed by atoms with Crippen LogP contribution in [0.3, 0.4) is 0 Å². The van der Waals surface area contributed by atoms with Crippen molar-refractivity contribution in [1.29, 1.82) is 0 Å². The van der Waals surface area contributed by atoms with Gasteiger partial charge in [0.1, 0.15) is 0 Å². The third kappa shape index (κ3) is 4.39. The van der Waals surface area contributed by atoms with Crippen molar-refractivity contribution in [3.63, 3.8) is 0 Å². The zero-order chi connectivity index (χ0) is 22.6. The summed E-state index contributed by atoms with van der Waals surface area (Å²) in [5, 5.41) is 9.44. The topological polar surface area (TPSA) is 73.1 Å². The summed E-state index contributed by atoms with van der Waals surface area (Å²) >= 11 is 3.07. The fourth-order valence-corrected chi connectivity index (χ4v) is 5.53. The molecule has 1 aliphatic rings. The molecular formula is C24H21N5O2S2. The van der Waals surface area contributed by atoms with Gasteiger partial charge in [-0.2, -0.15) is 0 Å². The molecule has 2 aromatic carbocycles. The van der Waals surface area contributed by atoms with Crippen molar-refractivity contribution < 1.29 is 9.53 Å². The van der Waals surface area contributed by atoms with E-state index >= 15 is 0 Å². The highest BCUT2D eigenvalue weighted by Crippen LogP contribution is 2.48. The molecule has 0 spiro atoms. The number of rotatable bonds is 7. The average molecular weight is 476 g/mol. The van der Waals surface area contributed by atoms with Gasteiger partial charge in [-0.05, 0) is 36.4 Å². The van der Waals surface area contributed by atoms with Gasteiger partial charge in [-0.3, -0.25) is 19.2 Å². The third-order valence-corrected chi connectivity index (χ3v) is 7.26. The largest absolute Gasteiger partial charge is 0.383 e. The van der Waals surface area contributed by atoms with Crippen LogP contribution >= 0.6 is 23.5 Å². The molecule has 9 heteroatoms. The normalized spacial score (nSPS) is 12.3. The number of nitrogens with zero attached hydrogens (tertiary/aromatic N) is 5. The van der Waals surface area contributed by atoms with E-state index in [2.05, 4.69) is 15.2 Å². The lowest BCUT2D eigenvalue weighted by Gasteiger charge is -2.30. The molecule has 0 radical (unpaired) electrons. The van der Waals surface area contributed by atoms with Gasteiger partial charge in [0.05, 0.1) is 30.3 Å². The summed E-state index contributed by atoms with van der Waals surface area (Å²) in [7, 11) is 1.66. The first-order valence-corrected chi connectivity index (χ1v) is 12.2. The van der Waals surface area contributed by atoms with E-state index < -0.39 is 0 Å². The van der Waals surface area contributed by atoms with E-state index in [0.29, 0.717) is 18.3 Å². The minimum atomic E-state index is -0.00745. The number of para-hydroxylation sites is 2. The fraction of sp³-hybridized carbons (Fsp3) is 0.167. The standard InChI is InChI=1S/C24H21N5O2S2/c1-31-15-14-28-23(17-10-12-25-13-11-17)26-27-24(28)32-16-22(30)29-18-6-2-4-8-20(18)33-21-9-5-3-7-19(21)29/h2-13H,14-16H2,1H3. The van der Waals surface area contributed by atoms with Gasteiger partial charge in [0.15, 0.2) is 11.0 Å². The Morgan fingerprint density at radius 3 is 2.30 bits per heavy atom. The van der Waals surface area contributed by atoms with Gasteiger partial charge in [0.2, 0.25) is 5.91 Å². The number of hydrogen-bond donors (Lipinski definition) is 0. The van der Waals surface area contributed by atoms with Crippen molar-refractivity contribution >= 4 is 40.8 Å². The molecule has 0 N–H and O–H groups in total. The lowest BCUT2D eigenvalue weighted by molar-refractivity contribution is -0.115. The molecule has 33 heavy (non-hydrogen) atoms. The number of carbonyl (C=O) groups is 1. The quantitative estimate of drug-likeness (QED) is 0.352. The predicted octanol–water partition coefficient (Wildman–Crippen LogP) is 4.91. The molecule has 0 saturated heterocycles. The molecule has 7 nitrogen and oxygen atoms in total. The Kier molecular flexibility index (Phi) is 6.43. The summed E-state index contributed by atoms with van der Waals surface area (Å²) < 4.78 is 7.28. The smallest absolute Gasteiger partial charge is 0.242 e. The van der Waals surface area contributed by atoms with Crippen LogP contribution in [-0.2, 0) is 16.1 Å². The van der Waals surface area contributed by atoms with E-state index in [-0.39, 0.29) is 11.7 Å². The molecule has 0 unspecified atom stereocenters. The number of pyridine rings is 1. The van der Waals surface area contributed by atoms with Gasteiger partial charge >= 0.3 is 0 Å². The van der Waals surface area contributed by atoms with Crippen LogP contribution in [0.1, 0.15) is 0 Å². The number of thioether (sulfide) groups is 1. The third-order valence-electron chi connectivity index (χ3n) is 5.18. The highest BCUT2D eigenvalue weighted by molar-refractivity contribution is 8.00. The van der Waals surface area contributed by atoms with Crippen LogP contribution in [0, 0.1) is 0 Å². The second-order valence-electron chi connectivity index (χ2n) is 7.24. The lowest BCUT2D eigenvalue weighted by atomic mass is 10.2. The number of carbonyl (C=O) groups excluding carboxylic acids is 1. The summed E-state index contributed by atoms with van der Waals surface area (Å²) in [5.74, 6) is 0.954. The molecule has 1 amide bonds. The number of amides is 1. The van der Waals surface area contributed by atoms with E-state index in [4.69, 9.17) is 4.74 Å². The Labute approximate surface area is 200 Å². The fourth-order valence-electron chi connectivity index (χ4n) is 3.66. The van der Waals surface area contributed by atoms with Crippen molar-refractivity contribution in [2.75, 3.05) is 24.4 Å². The number of methoxy groups -OCH3 is 1. The Morgan fingerprint density at radius 2 is 1.64 bits per heavy atom. The number of fused-ring (bicyclic) bond motifs is 2. The number of aromatic nitrogens is 4. The number of benzene rings is 2. The number of anilines is 2. The maximum Gasteiger partial charge on any atom is 0.242 e. The summed E-state index contributed by atoms with van der Waals surface area (Å²) in [6.45, 7) is 1.10. The lowest BCUT2D eigenvalue weighted by Crippen LogP contribution is -2.30. The van der Waals surface area contributed by atoms with Crippen molar-refractivity contribution in [2.45, 2.75) is 21.5 Å². The van der Waals surface area contributed by atoms with Crippen molar-refractivity contribution in [3.05, 3.63) is 73.1 Å². The van der Waals surface area contributed by atoms with E-state index in [1.54, 1.807) is 31.3 Å². The van der Waals surface area contributed by atoms with E-state index in [1.165, 1.54) is 11.8 Å². The minimum Gasteiger partial charge on any atom is -0.383 e. The van der Waals surface area contributed by atoms with Gasteiger partial charge in [0.25, 0.3) is 0 Å². The Bertz CT molecular complexity index is 1230. The molecule has 0 bridgehead atoms. The predicted molar refractivity (Wildman–Crippen MR) is 130 cm³/mol. The second-order valence-corrected chi connectivity index (χ2v) is 9.27. The van der Waals surface area contributed by atoms with Crippen LogP contribution in [0.15, 0.2) is 88.0 Å². The molecule has 2 aromatic heterocycles. The van der Waals surface area contributed by atoms with Crippen LogP contribution in [0.2, 0.25) is 0 Å². The van der Waals surface area contributed by atoms with Crippen molar-refractivity contribution in [2.24, 2.45) is 0 Å². The van der Waals surface area contributed by atoms with Gasteiger partial charge in [0, 0.05) is 34.9 Å². The van der Waals surface area contributed by atoms with Crippen LogP contribution in [0.4, 0.5) is 11.4 Å². The summed E-state index contributed by atoms with van der Waals surface area (Å²) in [5.41, 5.74) is 2.73. The van der Waals surface area contributed by atoms with Crippen molar-refractivity contribution in [3.8, 4) is 11.4 Å². The number of hydrogen-bond acceptors (Lipinski definition) is 7. The molecule has 0 aliphatic carbocycles. The molecule has 5 rings (SSSR count). The van der Waals surface area contributed by atoms with Crippen LogP contribution in [-0.4, -0.2) is 45.1 Å². The first-order chi connectivity index (χ1) is 16.3. The second kappa shape index (κ2) is 9.78. The van der Waals surface area contributed by atoms with Crippen LogP contribution in [0.5, 0.6) is 0 Å². The van der Waals surface area contributed by atoms with E-state index in [9.17, 15) is 4.79 Å². The van der Waals surface area contributed by atoms with E-state index in [1.807, 2.05) is 70.1 Å². The molecule has 0 saturated carbocycles. The van der Waals surface area contributed by atoms with Crippen molar-refractivity contribution in [1.82, 2.24) is 19.7 Å². The minimum absolute atomic E-state index is 0.00745. The molecule has 1 aliphatic heterocycles. The van der Waals surface area contributed by atoms with Gasteiger partial charge in [-0.1, -0.05) is 47.8 Å². The number of ether oxygens (including phenoxy) is 1. The molecular weight excluding hydrogens is 454 g/mol. The summed E-state index contributed by atoms with van der Waals surface area (Å²) in [6.07, 6.45) is 3.45. The zero-order valence-electron chi connectivity index (χ0n) is 17.9. The molecule has 0 atom stereocenters. The van der Waals surface area contributed by atoms with E-state index in [0.717, 1.165) is 32.6 Å². The molecule has 3 heterocycles. The first-order valence-electron chi connectivity index (χ1n) is 10.4. The first kappa shape index (κ1) is 21.7. The highest BCUT2D eigenvalue weighted by atomic mass is 32.2. The summed E-state index contributed by atoms with van der Waals surface area (Å²) in [6, 6.07) is 19.8. The van der Waals surface area contributed by atoms with Gasteiger partial charge < -0.3 is 4.74 Å². The maximum atomic E-state index is 13.5. The molecule has 0 fully saturated rings. The van der Waals surface area contributed by atoms with Crippen LogP contribution in [0.25, 0.3) is 11.4 Å². The highest BCUT2D eigenvalue weighted by Gasteiger charge is 2.28. The SMILES string of the molecule is COCCn1c(SCC(=O)N2c3ccccc3Sc3ccccc32)nnc1-c1ccncc1. The maximum absolute atomic E-state index is 13.5. The monoisotopic (exact) mass is 475 g/mol. The Hall–Kier alpha value is -3.14. The molecule has 166 valence electrons. The Balaban J connectivity index is 1.42. The van der Waals surface area contributed by atoms with Gasteiger partial charge in [-0.25, -0.2) is 0 Å². The average Bonchev–Trinajstić information content (AvgIpc) is 3.27. The molecule has 4 aromatic rings. The summed E-state index contributed by atoms with van der Waals surface area (Å²) in [4.78, 5) is 21.5.